The highest BCUT2D eigenvalue weighted by Crippen LogP contribution is 2.05. The molecule has 0 aliphatic rings. The van der Waals surface area contributed by atoms with Gasteiger partial charge in [0.2, 0.25) is 0 Å². The lowest BCUT2D eigenvalue weighted by molar-refractivity contribution is -0.150. The molecule has 20 heavy (non-hydrogen) atoms. The van der Waals surface area contributed by atoms with Crippen molar-refractivity contribution in [2.75, 3.05) is 13.2 Å². The van der Waals surface area contributed by atoms with Gasteiger partial charge in [-0.1, -0.05) is 36.9 Å². The summed E-state index contributed by atoms with van der Waals surface area (Å²) >= 11 is 0. The van der Waals surface area contributed by atoms with Crippen LogP contribution >= 0.6 is 0 Å². The maximum atomic E-state index is 11.4. The largest absolute Gasteiger partial charge is 0.462 e. The second kappa shape index (κ2) is 8.91. The van der Waals surface area contributed by atoms with Crippen molar-refractivity contribution in [2.24, 2.45) is 0 Å². The number of hydrogen-bond acceptors (Lipinski definition) is 4. The van der Waals surface area contributed by atoms with Crippen molar-refractivity contribution < 1.29 is 19.1 Å². The summed E-state index contributed by atoms with van der Waals surface area (Å²) in [5, 5.41) is 0. The van der Waals surface area contributed by atoms with E-state index in [4.69, 9.17) is 9.47 Å². The van der Waals surface area contributed by atoms with Crippen LogP contribution in [0.2, 0.25) is 0 Å². The van der Waals surface area contributed by atoms with E-state index in [9.17, 15) is 9.59 Å². The number of rotatable bonds is 8. The highest BCUT2D eigenvalue weighted by Gasteiger charge is 2.05. The van der Waals surface area contributed by atoms with E-state index < -0.39 is 5.97 Å². The Morgan fingerprint density at radius 1 is 1.10 bits per heavy atom. The van der Waals surface area contributed by atoms with E-state index in [0.717, 1.165) is 12.8 Å². The van der Waals surface area contributed by atoms with Gasteiger partial charge >= 0.3 is 11.9 Å². The zero-order valence-electron chi connectivity index (χ0n) is 11.8. The summed E-state index contributed by atoms with van der Waals surface area (Å²) in [5.41, 5.74) is 1.54. The van der Waals surface area contributed by atoms with Crippen molar-refractivity contribution in [3.05, 3.63) is 48.0 Å². The van der Waals surface area contributed by atoms with Gasteiger partial charge in [-0.25, -0.2) is 4.79 Å². The standard InChI is InChI=1S/C16H20O4/c1-13(2)16(18)20-12-11-19-15(17)10-6-9-14-7-4-3-5-8-14/h3-5,7-8H,1,6,9-12H2,2H3. The first-order valence-corrected chi connectivity index (χ1v) is 6.62. The molecule has 4 nitrogen and oxygen atoms in total. The van der Waals surface area contributed by atoms with Gasteiger partial charge in [-0.05, 0) is 25.3 Å². The first-order valence-electron chi connectivity index (χ1n) is 6.62. The number of carbonyl (C=O) groups excluding carboxylic acids is 2. The predicted molar refractivity (Wildman–Crippen MR) is 76.1 cm³/mol. The molecule has 0 aliphatic carbocycles. The smallest absolute Gasteiger partial charge is 0.333 e. The second-order valence-corrected chi connectivity index (χ2v) is 4.48. The van der Waals surface area contributed by atoms with Crippen LogP contribution in [0.3, 0.4) is 0 Å². The fourth-order valence-electron chi connectivity index (χ4n) is 1.57. The van der Waals surface area contributed by atoms with E-state index >= 15 is 0 Å². The fraction of sp³-hybridized carbons (Fsp3) is 0.375. The molecule has 0 amide bonds. The number of benzene rings is 1. The molecule has 0 unspecified atom stereocenters. The Labute approximate surface area is 119 Å². The van der Waals surface area contributed by atoms with Gasteiger partial charge in [-0.3, -0.25) is 4.79 Å². The third kappa shape index (κ3) is 6.73. The number of aryl methyl sites for hydroxylation is 1. The molecule has 108 valence electrons. The summed E-state index contributed by atoms with van der Waals surface area (Å²) in [6, 6.07) is 9.97. The molecule has 1 rings (SSSR count). The van der Waals surface area contributed by atoms with Crippen molar-refractivity contribution in [2.45, 2.75) is 26.2 Å². The summed E-state index contributed by atoms with van der Waals surface area (Å²) < 4.78 is 9.78. The van der Waals surface area contributed by atoms with E-state index in [-0.39, 0.29) is 19.2 Å². The Morgan fingerprint density at radius 2 is 1.75 bits per heavy atom. The van der Waals surface area contributed by atoms with Crippen LogP contribution in [0.25, 0.3) is 0 Å². The summed E-state index contributed by atoms with van der Waals surface area (Å²) in [4.78, 5) is 22.5. The van der Waals surface area contributed by atoms with Gasteiger partial charge < -0.3 is 9.47 Å². The number of ether oxygens (including phenoxy) is 2. The molecule has 0 spiro atoms. The lowest BCUT2D eigenvalue weighted by atomic mass is 10.1. The topological polar surface area (TPSA) is 52.6 Å². The normalized spacial score (nSPS) is 9.85. The van der Waals surface area contributed by atoms with Crippen LogP contribution in [-0.4, -0.2) is 25.2 Å². The van der Waals surface area contributed by atoms with E-state index in [0.29, 0.717) is 12.0 Å². The van der Waals surface area contributed by atoms with Crippen molar-refractivity contribution in [1.82, 2.24) is 0 Å². The van der Waals surface area contributed by atoms with Crippen LogP contribution in [0.1, 0.15) is 25.3 Å². The molecule has 0 aromatic heterocycles. The summed E-state index contributed by atoms with van der Waals surface area (Å²) in [7, 11) is 0. The average molecular weight is 276 g/mol. The first-order chi connectivity index (χ1) is 9.59. The first kappa shape index (κ1) is 16.0. The van der Waals surface area contributed by atoms with Gasteiger partial charge in [0.1, 0.15) is 13.2 Å². The highest BCUT2D eigenvalue weighted by molar-refractivity contribution is 5.86. The lowest BCUT2D eigenvalue weighted by Gasteiger charge is -2.06. The van der Waals surface area contributed by atoms with Gasteiger partial charge in [0, 0.05) is 12.0 Å². The zero-order chi connectivity index (χ0) is 14.8. The third-order valence-corrected chi connectivity index (χ3v) is 2.62. The molecule has 0 N–H and O–H groups in total. The molecule has 0 aliphatic heterocycles. The monoisotopic (exact) mass is 276 g/mol. The Balaban J connectivity index is 2.06. The minimum Gasteiger partial charge on any atom is -0.462 e. The van der Waals surface area contributed by atoms with Gasteiger partial charge in [0.05, 0.1) is 0 Å². The minimum atomic E-state index is -0.467. The van der Waals surface area contributed by atoms with Gasteiger partial charge in [0.25, 0.3) is 0 Å². The highest BCUT2D eigenvalue weighted by atomic mass is 16.6. The molecule has 4 heteroatoms. The lowest BCUT2D eigenvalue weighted by Crippen LogP contribution is -2.14. The van der Waals surface area contributed by atoms with Crippen molar-refractivity contribution in [3.63, 3.8) is 0 Å². The molecule has 0 saturated carbocycles. The Bertz CT molecular complexity index is 451. The van der Waals surface area contributed by atoms with E-state index in [1.54, 1.807) is 6.92 Å². The summed E-state index contributed by atoms with van der Waals surface area (Å²) in [6.07, 6.45) is 1.96. The molecular formula is C16H20O4. The Morgan fingerprint density at radius 3 is 2.40 bits per heavy atom. The number of carbonyl (C=O) groups is 2. The molecule has 0 bridgehead atoms. The summed E-state index contributed by atoms with van der Waals surface area (Å²) in [6.45, 7) is 5.18. The average Bonchev–Trinajstić information content (AvgIpc) is 2.44. The van der Waals surface area contributed by atoms with Crippen LogP contribution in [0, 0.1) is 0 Å². The van der Waals surface area contributed by atoms with Crippen LogP contribution in [-0.2, 0) is 25.5 Å². The van der Waals surface area contributed by atoms with Crippen LogP contribution in [0.5, 0.6) is 0 Å². The van der Waals surface area contributed by atoms with E-state index in [2.05, 4.69) is 6.58 Å². The van der Waals surface area contributed by atoms with Crippen LogP contribution in [0.15, 0.2) is 42.5 Å². The Hall–Kier alpha value is -2.10. The SMILES string of the molecule is C=C(C)C(=O)OCCOC(=O)CCCc1ccccc1. The minimum absolute atomic E-state index is 0.0656. The molecule has 1 aromatic carbocycles. The third-order valence-electron chi connectivity index (χ3n) is 2.62. The number of esters is 2. The van der Waals surface area contributed by atoms with E-state index in [1.165, 1.54) is 5.56 Å². The van der Waals surface area contributed by atoms with Crippen molar-refractivity contribution in [1.29, 1.82) is 0 Å². The molecule has 0 atom stereocenters. The number of hydrogen-bond donors (Lipinski definition) is 0. The predicted octanol–water partition coefficient (Wildman–Crippen LogP) is 2.67. The summed E-state index contributed by atoms with van der Waals surface area (Å²) in [5.74, 6) is -0.738. The molecule has 0 heterocycles. The van der Waals surface area contributed by atoms with Crippen molar-refractivity contribution >= 4 is 11.9 Å². The Kier molecular flexibility index (Phi) is 7.11. The molecule has 0 fully saturated rings. The van der Waals surface area contributed by atoms with Gasteiger partial charge in [-0.15, -0.1) is 0 Å². The van der Waals surface area contributed by atoms with E-state index in [1.807, 2.05) is 30.3 Å². The quantitative estimate of drug-likeness (QED) is 0.416. The maximum absolute atomic E-state index is 11.4. The molecule has 1 aromatic rings. The molecular weight excluding hydrogens is 256 g/mol. The fourth-order valence-corrected chi connectivity index (χ4v) is 1.57. The maximum Gasteiger partial charge on any atom is 0.333 e. The molecule has 0 saturated heterocycles. The second-order valence-electron chi connectivity index (χ2n) is 4.48. The van der Waals surface area contributed by atoms with Crippen molar-refractivity contribution in [3.8, 4) is 0 Å². The molecule has 0 radical (unpaired) electrons. The van der Waals surface area contributed by atoms with Crippen LogP contribution < -0.4 is 0 Å². The zero-order valence-corrected chi connectivity index (χ0v) is 11.8. The van der Waals surface area contributed by atoms with Gasteiger partial charge in [-0.2, -0.15) is 0 Å². The van der Waals surface area contributed by atoms with Crippen LogP contribution in [0.4, 0.5) is 0 Å². The van der Waals surface area contributed by atoms with Gasteiger partial charge in [0.15, 0.2) is 0 Å².